The van der Waals surface area contributed by atoms with E-state index in [9.17, 15) is 9.90 Å². The standard InChI is InChI=1S/C24H29N5O2/c1-17-4-5-18(2)22(14-17)29-23(15-19(3)26-29)25-24(31)16-27-10-12-28(13-11-27)20-6-8-21(30)9-7-20/h4-9,14-15,30H,10-13,16H2,1-3H3,(H,25,31). The van der Waals surface area contributed by atoms with Gasteiger partial charge in [0.25, 0.3) is 0 Å². The molecule has 0 bridgehead atoms. The molecular weight excluding hydrogens is 390 g/mol. The van der Waals surface area contributed by atoms with Crippen LogP contribution >= 0.6 is 0 Å². The zero-order valence-corrected chi connectivity index (χ0v) is 18.3. The van der Waals surface area contributed by atoms with E-state index >= 15 is 0 Å². The number of carbonyl (C=O) groups excluding carboxylic acids is 1. The molecule has 2 N–H and O–H groups in total. The second-order valence-corrected chi connectivity index (χ2v) is 8.20. The number of aromatic nitrogens is 2. The Kier molecular flexibility index (Phi) is 5.95. The van der Waals surface area contributed by atoms with E-state index in [0.717, 1.165) is 54.4 Å². The molecule has 1 fully saturated rings. The summed E-state index contributed by atoms with van der Waals surface area (Å²) in [4.78, 5) is 17.2. The molecule has 0 aliphatic carbocycles. The van der Waals surface area contributed by atoms with Gasteiger partial charge in [0.05, 0.1) is 17.9 Å². The molecule has 0 atom stereocenters. The van der Waals surface area contributed by atoms with Crippen molar-refractivity contribution in [2.75, 3.05) is 42.9 Å². The molecule has 1 amide bonds. The predicted octanol–water partition coefficient (Wildman–Crippen LogP) is 3.26. The van der Waals surface area contributed by atoms with Gasteiger partial charge >= 0.3 is 0 Å². The number of piperazine rings is 1. The number of amides is 1. The van der Waals surface area contributed by atoms with Crippen molar-refractivity contribution in [2.24, 2.45) is 0 Å². The van der Waals surface area contributed by atoms with E-state index in [4.69, 9.17) is 0 Å². The van der Waals surface area contributed by atoms with Gasteiger partial charge in [0, 0.05) is 37.9 Å². The van der Waals surface area contributed by atoms with Gasteiger partial charge in [-0.3, -0.25) is 9.69 Å². The number of nitrogens with zero attached hydrogens (tertiary/aromatic N) is 4. The highest BCUT2D eigenvalue weighted by atomic mass is 16.3. The van der Waals surface area contributed by atoms with Crippen molar-refractivity contribution in [3.63, 3.8) is 0 Å². The monoisotopic (exact) mass is 419 g/mol. The molecule has 162 valence electrons. The molecule has 1 aliphatic heterocycles. The normalized spacial score (nSPS) is 14.6. The molecule has 0 radical (unpaired) electrons. The highest BCUT2D eigenvalue weighted by molar-refractivity contribution is 5.91. The molecule has 0 spiro atoms. The van der Waals surface area contributed by atoms with Crippen LogP contribution in [0.15, 0.2) is 48.5 Å². The number of rotatable bonds is 5. The Morgan fingerprint density at radius 2 is 1.71 bits per heavy atom. The third-order valence-corrected chi connectivity index (χ3v) is 5.65. The first-order valence-electron chi connectivity index (χ1n) is 10.6. The maximum Gasteiger partial charge on any atom is 0.239 e. The average Bonchev–Trinajstić information content (AvgIpc) is 3.10. The molecule has 2 aromatic carbocycles. The van der Waals surface area contributed by atoms with Gasteiger partial charge in [0.1, 0.15) is 11.6 Å². The highest BCUT2D eigenvalue weighted by Gasteiger charge is 2.20. The van der Waals surface area contributed by atoms with Crippen LogP contribution in [0, 0.1) is 20.8 Å². The Bertz CT molecular complexity index is 1070. The number of aryl methyl sites for hydroxylation is 3. The summed E-state index contributed by atoms with van der Waals surface area (Å²) < 4.78 is 1.82. The second kappa shape index (κ2) is 8.81. The van der Waals surface area contributed by atoms with Crippen LogP contribution in [0.3, 0.4) is 0 Å². The van der Waals surface area contributed by atoms with Crippen LogP contribution in [-0.4, -0.2) is 58.4 Å². The van der Waals surface area contributed by atoms with Gasteiger partial charge in [-0.2, -0.15) is 5.10 Å². The van der Waals surface area contributed by atoms with Crippen LogP contribution in [0.5, 0.6) is 5.75 Å². The van der Waals surface area contributed by atoms with Gasteiger partial charge in [-0.25, -0.2) is 4.68 Å². The lowest BCUT2D eigenvalue weighted by Gasteiger charge is -2.35. The fourth-order valence-corrected chi connectivity index (χ4v) is 3.93. The topological polar surface area (TPSA) is 73.6 Å². The summed E-state index contributed by atoms with van der Waals surface area (Å²) in [6.07, 6.45) is 0. The summed E-state index contributed by atoms with van der Waals surface area (Å²) in [5, 5.41) is 17.1. The molecule has 3 aromatic rings. The summed E-state index contributed by atoms with van der Waals surface area (Å²) in [6, 6.07) is 15.4. The molecule has 1 aliphatic rings. The molecular formula is C24H29N5O2. The van der Waals surface area contributed by atoms with E-state index in [0.29, 0.717) is 12.4 Å². The lowest BCUT2D eigenvalue weighted by atomic mass is 10.1. The predicted molar refractivity (Wildman–Crippen MR) is 123 cm³/mol. The second-order valence-electron chi connectivity index (χ2n) is 8.20. The maximum atomic E-state index is 12.8. The van der Waals surface area contributed by atoms with Gasteiger partial charge in [-0.1, -0.05) is 12.1 Å². The van der Waals surface area contributed by atoms with Crippen LogP contribution in [0.1, 0.15) is 16.8 Å². The van der Waals surface area contributed by atoms with E-state index in [2.05, 4.69) is 45.3 Å². The van der Waals surface area contributed by atoms with Gasteiger partial charge in [-0.15, -0.1) is 0 Å². The molecule has 7 heteroatoms. The number of aromatic hydroxyl groups is 1. The van der Waals surface area contributed by atoms with E-state index in [-0.39, 0.29) is 11.7 Å². The van der Waals surface area contributed by atoms with Gasteiger partial charge < -0.3 is 15.3 Å². The van der Waals surface area contributed by atoms with Crippen LogP contribution in [0.4, 0.5) is 11.5 Å². The molecule has 31 heavy (non-hydrogen) atoms. The SMILES string of the molecule is Cc1ccc(C)c(-n2nc(C)cc2NC(=O)CN2CCN(c3ccc(O)cc3)CC2)c1. The zero-order valence-electron chi connectivity index (χ0n) is 18.3. The van der Waals surface area contributed by atoms with E-state index in [1.165, 1.54) is 0 Å². The lowest BCUT2D eigenvalue weighted by molar-refractivity contribution is -0.117. The Morgan fingerprint density at radius 1 is 1.00 bits per heavy atom. The van der Waals surface area contributed by atoms with Crippen LogP contribution in [0.2, 0.25) is 0 Å². The number of carbonyl (C=O) groups is 1. The van der Waals surface area contributed by atoms with Crippen molar-refractivity contribution in [3.8, 4) is 11.4 Å². The first kappa shape index (κ1) is 20.9. The number of nitrogens with one attached hydrogen (secondary N) is 1. The molecule has 4 rings (SSSR count). The summed E-state index contributed by atoms with van der Waals surface area (Å²) in [5.74, 6) is 0.929. The molecule has 2 heterocycles. The van der Waals surface area contributed by atoms with Gasteiger partial charge in [0.2, 0.25) is 5.91 Å². The largest absolute Gasteiger partial charge is 0.508 e. The van der Waals surface area contributed by atoms with Crippen molar-refractivity contribution >= 4 is 17.4 Å². The van der Waals surface area contributed by atoms with E-state index in [1.54, 1.807) is 12.1 Å². The maximum absolute atomic E-state index is 12.8. The first-order valence-corrected chi connectivity index (χ1v) is 10.6. The van der Waals surface area contributed by atoms with Gasteiger partial charge in [-0.05, 0) is 62.2 Å². The Hall–Kier alpha value is -3.32. The molecule has 1 saturated heterocycles. The number of hydrogen-bond acceptors (Lipinski definition) is 5. The van der Waals surface area contributed by atoms with E-state index < -0.39 is 0 Å². The number of benzene rings is 2. The summed E-state index contributed by atoms with van der Waals surface area (Å²) in [5.41, 5.74) is 5.19. The quantitative estimate of drug-likeness (QED) is 0.664. The van der Waals surface area contributed by atoms with Crippen molar-refractivity contribution < 1.29 is 9.90 Å². The van der Waals surface area contributed by atoms with Crippen LogP contribution in [0.25, 0.3) is 5.69 Å². The zero-order chi connectivity index (χ0) is 22.0. The molecule has 1 aromatic heterocycles. The fourth-order valence-electron chi connectivity index (χ4n) is 3.93. The number of phenols is 1. The lowest BCUT2D eigenvalue weighted by Crippen LogP contribution is -2.48. The summed E-state index contributed by atoms with van der Waals surface area (Å²) in [7, 11) is 0. The minimum absolute atomic E-state index is 0.0375. The van der Waals surface area contributed by atoms with Gasteiger partial charge in [0.15, 0.2) is 0 Å². The van der Waals surface area contributed by atoms with Crippen molar-refractivity contribution in [1.29, 1.82) is 0 Å². The third kappa shape index (κ3) is 4.88. The van der Waals surface area contributed by atoms with E-state index in [1.807, 2.05) is 36.7 Å². The molecule has 0 saturated carbocycles. The van der Waals surface area contributed by atoms with Crippen molar-refractivity contribution in [1.82, 2.24) is 14.7 Å². The summed E-state index contributed by atoms with van der Waals surface area (Å²) >= 11 is 0. The van der Waals surface area contributed by atoms with Crippen LogP contribution < -0.4 is 10.2 Å². The first-order chi connectivity index (χ1) is 14.9. The summed E-state index contributed by atoms with van der Waals surface area (Å²) in [6.45, 7) is 9.68. The number of anilines is 2. The number of phenolic OH excluding ortho intramolecular Hbond substituents is 1. The fraction of sp³-hybridized carbons (Fsp3) is 0.333. The Morgan fingerprint density at radius 3 is 2.42 bits per heavy atom. The Balaban J connectivity index is 1.38. The number of hydrogen-bond donors (Lipinski definition) is 2. The minimum atomic E-state index is -0.0375. The average molecular weight is 420 g/mol. The molecule has 7 nitrogen and oxygen atoms in total. The third-order valence-electron chi connectivity index (χ3n) is 5.65. The Labute approximate surface area is 182 Å². The van der Waals surface area contributed by atoms with Crippen molar-refractivity contribution in [3.05, 3.63) is 65.4 Å². The minimum Gasteiger partial charge on any atom is -0.508 e. The smallest absolute Gasteiger partial charge is 0.239 e. The van der Waals surface area contributed by atoms with Crippen molar-refractivity contribution in [2.45, 2.75) is 20.8 Å². The molecule has 0 unspecified atom stereocenters. The van der Waals surface area contributed by atoms with Crippen LogP contribution in [-0.2, 0) is 4.79 Å². The highest BCUT2D eigenvalue weighted by Crippen LogP contribution is 2.22.